The van der Waals surface area contributed by atoms with Crippen LogP contribution in [0.5, 0.6) is 11.8 Å². The number of carbonyl (C=O) groups excluding carboxylic acids is 1. The number of carbonyl (C=O) groups is 1. The number of aromatic nitrogens is 3. The number of methoxy groups -OCH3 is 2. The Hall–Kier alpha value is -3.49. The van der Waals surface area contributed by atoms with Crippen LogP contribution in [0.4, 0.5) is 10.1 Å². The molecule has 1 aromatic carbocycles. The number of nitrogen functional groups attached to an aromatic ring is 1. The van der Waals surface area contributed by atoms with Crippen LogP contribution in [0.25, 0.3) is 22.0 Å². The van der Waals surface area contributed by atoms with Gasteiger partial charge in [-0.1, -0.05) is 0 Å². The number of ether oxygens (including phenoxy) is 2. The predicted octanol–water partition coefficient (Wildman–Crippen LogP) is 2.18. The molecule has 0 bridgehead atoms. The number of amides is 1. The number of anilines is 1. The molecule has 0 spiro atoms. The normalized spacial score (nSPS) is 10.7. The van der Waals surface area contributed by atoms with E-state index in [9.17, 15) is 9.18 Å². The summed E-state index contributed by atoms with van der Waals surface area (Å²) in [5.74, 6) is -0.513. The summed E-state index contributed by atoms with van der Waals surface area (Å²) in [6.07, 6.45) is 0. The molecule has 3 rings (SSSR count). The van der Waals surface area contributed by atoms with Gasteiger partial charge in [-0.3, -0.25) is 4.79 Å². The number of pyridine rings is 1. The molecule has 0 fully saturated rings. The van der Waals surface area contributed by atoms with Crippen LogP contribution in [0.15, 0.2) is 24.3 Å². The molecule has 0 aliphatic carbocycles. The Morgan fingerprint density at radius 2 is 1.96 bits per heavy atom. The smallest absolute Gasteiger partial charge is 0.273 e. The molecular weight excluding hydrogens is 353 g/mol. The van der Waals surface area contributed by atoms with Crippen molar-refractivity contribution in [2.45, 2.75) is 6.92 Å². The van der Waals surface area contributed by atoms with E-state index in [0.717, 1.165) is 0 Å². The van der Waals surface area contributed by atoms with Crippen LogP contribution in [0.1, 0.15) is 17.4 Å². The summed E-state index contributed by atoms with van der Waals surface area (Å²) in [4.78, 5) is 16.3. The highest BCUT2D eigenvalue weighted by Gasteiger charge is 2.21. The van der Waals surface area contributed by atoms with Crippen molar-refractivity contribution < 1.29 is 18.7 Å². The Morgan fingerprint density at radius 3 is 2.63 bits per heavy atom. The van der Waals surface area contributed by atoms with Crippen molar-refractivity contribution in [3.05, 3.63) is 35.8 Å². The standard InChI is InChI=1S/C18H18FN5O3/c1-4-21-17(25)16-14(20)10-5-7-11(19)13(15(10)23-24-16)9-6-8-12(26-2)22-18(9)27-3/h5-8H,4H2,1-3H3,(H2,20,23)(H,21,25). The SMILES string of the molecule is CCNC(=O)c1nnc2c(-c3ccc(OC)nc3OC)c(F)ccc2c1N. The van der Waals surface area contributed by atoms with Gasteiger partial charge in [0.15, 0.2) is 5.69 Å². The molecule has 3 N–H and O–H groups in total. The summed E-state index contributed by atoms with van der Waals surface area (Å²) >= 11 is 0. The number of hydrogen-bond acceptors (Lipinski definition) is 7. The van der Waals surface area contributed by atoms with E-state index >= 15 is 0 Å². The van der Waals surface area contributed by atoms with Gasteiger partial charge in [0.25, 0.3) is 5.91 Å². The summed E-state index contributed by atoms with van der Waals surface area (Å²) in [6.45, 7) is 2.19. The van der Waals surface area contributed by atoms with Crippen LogP contribution >= 0.6 is 0 Å². The fourth-order valence-corrected chi connectivity index (χ4v) is 2.72. The largest absolute Gasteiger partial charge is 0.481 e. The second kappa shape index (κ2) is 7.40. The quantitative estimate of drug-likeness (QED) is 0.707. The zero-order valence-electron chi connectivity index (χ0n) is 15.0. The summed E-state index contributed by atoms with van der Waals surface area (Å²) in [5, 5.41) is 11.0. The molecule has 140 valence electrons. The molecule has 27 heavy (non-hydrogen) atoms. The topological polar surface area (TPSA) is 112 Å². The maximum Gasteiger partial charge on any atom is 0.273 e. The van der Waals surface area contributed by atoms with Crippen molar-refractivity contribution in [2.75, 3.05) is 26.5 Å². The molecule has 8 nitrogen and oxygen atoms in total. The van der Waals surface area contributed by atoms with Gasteiger partial charge in [-0.2, -0.15) is 4.98 Å². The Morgan fingerprint density at radius 1 is 1.19 bits per heavy atom. The highest BCUT2D eigenvalue weighted by atomic mass is 19.1. The maximum absolute atomic E-state index is 14.7. The zero-order chi connectivity index (χ0) is 19.6. The van der Waals surface area contributed by atoms with E-state index in [1.807, 2.05) is 0 Å². The molecule has 2 heterocycles. The fourth-order valence-electron chi connectivity index (χ4n) is 2.72. The average molecular weight is 371 g/mol. The van der Waals surface area contributed by atoms with Crippen LogP contribution in [0.3, 0.4) is 0 Å². The number of benzene rings is 1. The molecular formula is C18H18FN5O3. The van der Waals surface area contributed by atoms with E-state index in [4.69, 9.17) is 15.2 Å². The van der Waals surface area contributed by atoms with E-state index in [1.165, 1.54) is 26.4 Å². The van der Waals surface area contributed by atoms with E-state index < -0.39 is 11.7 Å². The lowest BCUT2D eigenvalue weighted by molar-refractivity contribution is 0.0951. The summed E-state index contributed by atoms with van der Waals surface area (Å²) in [5.41, 5.74) is 6.90. The molecule has 2 aromatic heterocycles. The van der Waals surface area contributed by atoms with Crippen LogP contribution in [0, 0.1) is 5.82 Å². The number of nitrogens with one attached hydrogen (secondary N) is 1. The third kappa shape index (κ3) is 3.19. The Balaban J connectivity index is 2.27. The van der Waals surface area contributed by atoms with Crippen molar-refractivity contribution in [3.8, 4) is 22.9 Å². The predicted molar refractivity (Wildman–Crippen MR) is 98.3 cm³/mol. The van der Waals surface area contributed by atoms with Crippen molar-refractivity contribution in [3.63, 3.8) is 0 Å². The minimum atomic E-state index is -0.549. The molecule has 3 aromatic rings. The highest BCUT2D eigenvalue weighted by molar-refractivity contribution is 6.07. The van der Waals surface area contributed by atoms with Gasteiger partial charge in [0, 0.05) is 23.6 Å². The van der Waals surface area contributed by atoms with Crippen LogP contribution in [-0.2, 0) is 0 Å². The van der Waals surface area contributed by atoms with Gasteiger partial charge in [0.05, 0.1) is 25.5 Å². The fraction of sp³-hybridized carbons (Fsp3) is 0.222. The van der Waals surface area contributed by atoms with Gasteiger partial charge in [0.1, 0.15) is 11.3 Å². The summed E-state index contributed by atoms with van der Waals surface area (Å²) in [6, 6.07) is 5.90. The number of halogens is 1. The molecule has 0 aliphatic rings. The lowest BCUT2D eigenvalue weighted by Crippen LogP contribution is -2.25. The van der Waals surface area contributed by atoms with Gasteiger partial charge in [-0.15, -0.1) is 10.2 Å². The van der Waals surface area contributed by atoms with Crippen molar-refractivity contribution in [1.29, 1.82) is 0 Å². The first kappa shape index (κ1) is 18.3. The maximum atomic E-state index is 14.7. The van der Waals surface area contributed by atoms with E-state index in [2.05, 4.69) is 20.5 Å². The van der Waals surface area contributed by atoms with Gasteiger partial charge in [-0.25, -0.2) is 4.39 Å². The minimum Gasteiger partial charge on any atom is -0.481 e. The number of hydrogen-bond donors (Lipinski definition) is 2. The molecule has 0 unspecified atom stereocenters. The van der Waals surface area contributed by atoms with Crippen LogP contribution in [-0.4, -0.2) is 41.9 Å². The molecule has 0 radical (unpaired) electrons. The molecule has 1 amide bonds. The first-order chi connectivity index (χ1) is 13.0. The lowest BCUT2D eigenvalue weighted by atomic mass is 10.0. The summed E-state index contributed by atoms with van der Waals surface area (Å²) < 4.78 is 25.1. The van der Waals surface area contributed by atoms with Crippen LogP contribution < -0.4 is 20.5 Å². The second-order valence-corrected chi connectivity index (χ2v) is 5.55. The van der Waals surface area contributed by atoms with E-state index in [1.54, 1.807) is 19.1 Å². The molecule has 9 heteroatoms. The minimum absolute atomic E-state index is 0.0123. The third-order valence-corrected chi connectivity index (χ3v) is 3.98. The number of rotatable bonds is 5. The molecule has 0 aliphatic heterocycles. The molecule has 0 atom stereocenters. The number of nitrogens with two attached hydrogens (primary N) is 1. The summed E-state index contributed by atoms with van der Waals surface area (Å²) in [7, 11) is 2.89. The Labute approximate surface area is 154 Å². The van der Waals surface area contributed by atoms with Crippen LogP contribution in [0.2, 0.25) is 0 Å². The van der Waals surface area contributed by atoms with Crippen molar-refractivity contribution in [1.82, 2.24) is 20.5 Å². The van der Waals surface area contributed by atoms with E-state index in [-0.39, 0.29) is 28.3 Å². The first-order valence-electron chi connectivity index (χ1n) is 8.13. The second-order valence-electron chi connectivity index (χ2n) is 5.55. The van der Waals surface area contributed by atoms with E-state index in [0.29, 0.717) is 23.4 Å². The Bertz CT molecular complexity index is 1030. The lowest BCUT2D eigenvalue weighted by Gasteiger charge is -2.13. The van der Waals surface area contributed by atoms with Gasteiger partial charge in [-0.05, 0) is 25.1 Å². The zero-order valence-corrected chi connectivity index (χ0v) is 15.0. The monoisotopic (exact) mass is 371 g/mol. The van der Waals surface area contributed by atoms with Gasteiger partial charge >= 0.3 is 0 Å². The molecule has 0 saturated heterocycles. The number of nitrogens with zero attached hydrogens (tertiary/aromatic N) is 3. The van der Waals surface area contributed by atoms with Gasteiger partial charge in [0.2, 0.25) is 11.8 Å². The third-order valence-electron chi connectivity index (χ3n) is 3.98. The first-order valence-corrected chi connectivity index (χ1v) is 8.13. The molecule has 0 saturated carbocycles. The number of fused-ring (bicyclic) bond motifs is 1. The van der Waals surface area contributed by atoms with Crippen molar-refractivity contribution >= 4 is 22.5 Å². The Kier molecular flexibility index (Phi) is 5.02. The van der Waals surface area contributed by atoms with Crippen molar-refractivity contribution in [2.24, 2.45) is 0 Å². The average Bonchev–Trinajstić information content (AvgIpc) is 2.68. The highest BCUT2D eigenvalue weighted by Crippen LogP contribution is 2.37. The van der Waals surface area contributed by atoms with Gasteiger partial charge < -0.3 is 20.5 Å².